The Bertz CT molecular complexity index is 880. The second-order valence-corrected chi connectivity index (χ2v) is 7.43. The number of carbonyl (C=O) groups is 3. The van der Waals surface area contributed by atoms with Gasteiger partial charge in [0.25, 0.3) is 0 Å². The minimum atomic E-state index is -0.886. The van der Waals surface area contributed by atoms with E-state index in [2.05, 4.69) is 5.32 Å². The number of allylic oxidation sites excluding steroid dienone is 2. The summed E-state index contributed by atoms with van der Waals surface area (Å²) in [6.45, 7) is 3.73. The van der Waals surface area contributed by atoms with E-state index in [0.29, 0.717) is 40.5 Å². The molecule has 0 bridgehead atoms. The summed E-state index contributed by atoms with van der Waals surface area (Å²) in [5, 5.41) is 2.83. The van der Waals surface area contributed by atoms with Gasteiger partial charge in [0.05, 0.1) is 27.9 Å². The van der Waals surface area contributed by atoms with E-state index in [1.807, 2.05) is 6.92 Å². The third-order valence-corrected chi connectivity index (χ3v) is 5.63. The van der Waals surface area contributed by atoms with Crippen LogP contribution in [0.1, 0.15) is 38.2 Å². The molecule has 0 spiro atoms. The fraction of sp³-hybridized carbons (Fsp3) is 0.500. The number of nitrogens with one attached hydrogen (secondary N) is 1. The maximum absolute atomic E-state index is 13.4. The summed E-state index contributed by atoms with van der Waals surface area (Å²) >= 11 is 0. The number of ether oxygens (including phenoxy) is 4. The Morgan fingerprint density at radius 3 is 2.23 bits per heavy atom. The fourth-order valence-electron chi connectivity index (χ4n) is 4.29. The summed E-state index contributed by atoms with van der Waals surface area (Å²) in [6, 6.07) is 3.47. The number of hydrogen-bond donors (Lipinski definition) is 1. The van der Waals surface area contributed by atoms with Crippen LogP contribution in [0, 0.1) is 11.8 Å². The molecule has 3 atom stereocenters. The van der Waals surface area contributed by atoms with Crippen LogP contribution in [0.3, 0.4) is 0 Å². The lowest BCUT2D eigenvalue weighted by molar-refractivity contribution is -0.153. The first-order chi connectivity index (χ1) is 14.4. The molecule has 1 N–H and O–H groups in total. The van der Waals surface area contributed by atoms with Gasteiger partial charge < -0.3 is 24.3 Å². The number of esters is 1. The quantitative estimate of drug-likeness (QED) is 0.560. The van der Waals surface area contributed by atoms with Crippen molar-refractivity contribution in [3.05, 3.63) is 29.0 Å². The summed E-state index contributed by atoms with van der Waals surface area (Å²) in [5.74, 6) is -1.41. The van der Waals surface area contributed by atoms with Gasteiger partial charge in [0.15, 0.2) is 17.3 Å². The SMILES string of the molecule is CCOC(=O)C1C(=O)C2=C(CC1C)NC(=O)CC2c1cc(OC)c(OC)c(OC)c1. The van der Waals surface area contributed by atoms with E-state index in [0.717, 1.165) is 0 Å². The van der Waals surface area contributed by atoms with Crippen molar-refractivity contribution in [2.75, 3.05) is 27.9 Å². The number of carbonyl (C=O) groups excluding carboxylic acids is 3. The Hall–Kier alpha value is -3.03. The highest BCUT2D eigenvalue weighted by molar-refractivity contribution is 6.11. The van der Waals surface area contributed by atoms with Crippen LogP contribution in [0.5, 0.6) is 17.2 Å². The number of amides is 1. The summed E-state index contributed by atoms with van der Waals surface area (Å²) in [6.07, 6.45) is 0.490. The molecule has 30 heavy (non-hydrogen) atoms. The molecule has 1 aliphatic heterocycles. The number of Topliss-reactive ketones (excluding diaryl/α,β-unsaturated/α-hetero) is 1. The number of rotatable bonds is 6. The van der Waals surface area contributed by atoms with E-state index in [-0.39, 0.29) is 30.6 Å². The molecule has 1 amide bonds. The third kappa shape index (κ3) is 3.74. The fourth-order valence-corrected chi connectivity index (χ4v) is 4.29. The van der Waals surface area contributed by atoms with Crippen LogP contribution < -0.4 is 19.5 Å². The molecule has 2 aliphatic rings. The number of ketones is 1. The Kier molecular flexibility index (Phi) is 6.34. The lowest BCUT2D eigenvalue weighted by Crippen LogP contribution is -2.44. The van der Waals surface area contributed by atoms with Crippen molar-refractivity contribution in [2.24, 2.45) is 11.8 Å². The van der Waals surface area contributed by atoms with Crippen LogP contribution >= 0.6 is 0 Å². The molecule has 0 fully saturated rings. The standard InChI is InChI=1S/C22H27NO7/c1-6-30-22(26)18-11(2)7-14-19(20(18)25)13(10-17(24)23-14)12-8-15(27-3)21(29-5)16(9-12)28-4/h8-9,11,13,18H,6-7,10H2,1-5H3,(H,23,24). The second kappa shape index (κ2) is 8.77. The van der Waals surface area contributed by atoms with Crippen LogP contribution in [-0.2, 0) is 19.1 Å². The molecule has 1 aliphatic carbocycles. The normalized spacial score (nSPS) is 23.4. The smallest absolute Gasteiger partial charge is 0.317 e. The Labute approximate surface area is 175 Å². The molecular formula is C22H27NO7. The maximum atomic E-state index is 13.4. The Morgan fingerprint density at radius 1 is 1.07 bits per heavy atom. The van der Waals surface area contributed by atoms with E-state index in [1.165, 1.54) is 21.3 Å². The molecule has 1 aromatic rings. The van der Waals surface area contributed by atoms with Gasteiger partial charge in [-0.1, -0.05) is 6.92 Å². The van der Waals surface area contributed by atoms with Gasteiger partial charge in [0.1, 0.15) is 5.92 Å². The first kappa shape index (κ1) is 21.7. The van der Waals surface area contributed by atoms with Crippen molar-refractivity contribution in [3.8, 4) is 17.2 Å². The molecule has 8 heteroatoms. The summed E-state index contributed by atoms with van der Waals surface area (Å²) in [7, 11) is 4.51. The van der Waals surface area contributed by atoms with E-state index < -0.39 is 17.8 Å². The van der Waals surface area contributed by atoms with Gasteiger partial charge in [-0.05, 0) is 37.0 Å². The highest BCUT2D eigenvalue weighted by atomic mass is 16.5. The lowest BCUT2D eigenvalue weighted by Gasteiger charge is -2.36. The number of benzene rings is 1. The molecule has 1 aromatic carbocycles. The van der Waals surface area contributed by atoms with Crippen molar-refractivity contribution < 1.29 is 33.3 Å². The lowest BCUT2D eigenvalue weighted by atomic mass is 9.70. The summed E-state index contributed by atoms with van der Waals surface area (Å²) < 4.78 is 21.4. The van der Waals surface area contributed by atoms with E-state index >= 15 is 0 Å². The number of methoxy groups -OCH3 is 3. The zero-order valence-corrected chi connectivity index (χ0v) is 17.9. The minimum absolute atomic E-state index is 0.0765. The molecule has 0 saturated heterocycles. The second-order valence-electron chi connectivity index (χ2n) is 7.43. The molecule has 8 nitrogen and oxygen atoms in total. The third-order valence-electron chi connectivity index (χ3n) is 5.63. The molecule has 0 radical (unpaired) electrons. The van der Waals surface area contributed by atoms with Crippen LogP contribution in [0.2, 0.25) is 0 Å². The Balaban J connectivity index is 2.11. The largest absolute Gasteiger partial charge is 0.493 e. The molecule has 3 unspecified atom stereocenters. The highest BCUT2D eigenvalue weighted by Gasteiger charge is 2.45. The van der Waals surface area contributed by atoms with Crippen LogP contribution in [0.4, 0.5) is 0 Å². The van der Waals surface area contributed by atoms with Gasteiger partial charge in [-0.25, -0.2) is 0 Å². The summed E-state index contributed by atoms with van der Waals surface area (Å²) in [4.78, 5) is 38.3. The zero-order chi connectivity index (χ0) is 22.0. The predicted molar refractivity (Wildman–Crippen MR) is 108 cm³/mol. The average Bonchev–Trinajstić information content (AvgIpc) is 2.71. The van der Waals surface area contributed by atoms with Gasteiger partial charge in [-0.2, -0.15) is 0 Å². The maximum Gasteiger partial charge on any atom is 0.317 e. The molecule has 0 aromatic heterocycles. The average molecular weight is 417 g/mol. The van der Waals surface area contributed by atoms with Crippen molar-refractivity contribution >= 4 is 17.7 Å². The first-order valence-electron chi connectivity index (χ1n) is 9.89. The highest BCUT2D eigenvalue weighted by Crippen LogP contribution is 2.46. The van der Waals surface area contributed by atoms with E-state index in [4.69, 9.17) is 18.9 Å². The molecule has 3 rings (SSSR count). The molecule has 1 heterocycles. The minimum Gasteiger partial charge on any atom is -0.493 e. The monoisotopic (exact) mass is 417 g/mol. The first-order valence-corrected chi connectivity index (χ1v) is 9.89. The Morgan fingerprint density at radius 2 is 1.70 bits per heavy atom. The van der Waals surface area contributed by atoms with Crippen molar-refractivity contribution in [1.82, 2.24) is 5.32 Å². The van der Waals surface area contributed by atoms with Crippen LogP contribution in [0.15, 0.2) is 23.4 Å². The number of hydrogen-bond acceptors (Lipinski definition) is 7. The van der Waals surface area contributed by atoms with Crippen molar-refractivity contribution in [2.45, 2.75) is 32.6 Å². The zero-order valence-electron chi connectivity index (χ0n) is 17.9. The topological polar surface area (TPSA) is 100 Å². The van der Waals surface area contributed by atoms with Gasteiger partial charge in [0.2, 0.25) is 11.7 Å². The van der Waals surface area contributed by atoms with Crippen molar-refractivity contribution in [3.63, 3.8) is 0 Å². The van der Waals surface area contributed by atoms with Crippen molar-refractivity contribution in [1.29, 1.82) is 0 Å². The van der Waals surface area contributed by atoms with Gasteiger partial charge >= 0.3 is 5.97 Å². The van der Waals surface area contributed by atoms with E-state index in [1.54, 1.807) is 19.1 Å². The van der Waals surface area contributed by atoms with Crippen LogP contribution in [0.25, 0.3) is 0 Å². The molecular weight excluding hydrogens is 390 g/mol. The van der Waals surface area contributed by atoms with Crippen LogP contribution in [-0.4, -0.2) is 45.6 Å². The van der Waals surface area contributed by atoms with E-state index in [9.17, 15) is 14.4 Å². The molecule has 162 valence electrons. The predicted octanol–water partition coefficient (Wildman–Crippen LogP) is 2.36. The van der Waals surface area contributed by atoms with Gasteiger partial charge in [-0.15, -0.1) is 0 Å². The van der Waals surface area contributed by atoms with Gasteiger partial charge in [-0.3, -0.25) is 14.4 Å². The van der Waals surface area contributed by atoms with Gasteiger partial charge in [0, 0.05) is 23.6 Å². The summed E-state index contributed by atoms with van der Waals surface area (Å²) in [5.41, 5.74) is 1.69. The molecule has 0 saturated carbocycles.